The number of carbonyl (C=O) groups excluding carboxylic acids is 1. The predicted molar refractivity (Wildman–Crippen MR) is 58.3 cm³/mol. The van der Waals surface area contributed by atoms with E-state index in [2.05, 4.69) is 10.3 Å². The maximum Gasteiger partial charge on any atom is 0.220 e. The predicted octanol–water partition coefficient (Wildman–Crippen LogP) is 1.85. The fraction of sp³-hybridized carbons (Fsp3) is 0.600. The lowest BCUT2D eigenvalue weighted by Crippen LogP contribution is -2.26. The van der Waals surface area contributed by atoms with Crippen molar-refractivity contribution in [3.8, 4) is 0 Å². The molecule has 0 atom stereocenters. The number of hydrogen-bond donors (Lipinski definition) is 1. The lowest BCUT2D eigenvalue weighted by Gasteiger charge is -2.05. The van der Waals surface area contributed by atoms with Gasteiger partial charge in [-0.05, 0) is 5.92 Å². The minimum atomic E-state index is 0.136. The zero-order valence-corrected chi connectivity index (χ0v) is 9.43. The number of nitrogens with zero attached hydrogens (tertiary/aromatic N) is 1. The number of nitrogens with one attached hydrogen (secondary N) is 1. The fourth-order valence-electron chi connectivity index (χ4n) is 1.13. The fourth-order valence-corrected chi connectivity index (χ4v) is 1.75. The van der Waals surface area contributed by atoms with E-state index in [-0.39, 0.29) is 5.91 Å². The van der Waals surface area contributed by atoms with Crippen molar-refractivity contribution in [3.05, 3.63) is 16.6 Å². The van der Waals surface area contributed by atoms with Crippen LogP contribution in [-0.2, 0) is 11.2 Å². The van der Waals surface area contributed by atoms with Gasteiger partial charge in [-0.3, -0.25) is 4.79 Å². The molecule has 1 aromatic rings. The zero-order valence-electron chi connectivity index (χ0n) is 8.62. The standard InChI is InChI=1S/C10H16N2OS/c1-8(2)7-9(13)11-4-3-10-12-5-6-14-10/h5-6,8H,3-4,7H2,1-2H3,(H,11,13). The molecule has 1 rings (SSSR count). The second kappa shape index (κ2) is 5.75. The smallest absolute Gasteiger partial charge is 0.220 e. The van der Waals surface area contributed by atoms with Crippen LogP contribution in [0, 0.1) is 5.92 Å². The molecule has 0 radical (unpaired) electrons. The van der Waals surface area contributed by atoms with Crippen LogP contribution in [0.5, 0.6) is 0 Å². The van der Waals surface area contributed by atoms with Gasteiger partial charge in [0.05, 0.1) is 5.01 Å². The number of amides is 1. The molecule has 1 heterocycles. The van der Waals surface area contributed by atoms with Crippen LogP contribution in [0.1, 0.15) is 25.3 Å². The maximum atomic E-state index is 11.3. The van der Waals surface area contributed by atoms with Crippen LogP contribution in [0.4, 0.5) is 0 Å². The third-order valence-electron chi connectivity index (χ3n) is 1.74. The van der Waals surface area contributed by atoms with Crippen molar-refractivity contribution in [2.24, 2.45) is 5.92 Å². The van der Waals surface area contributed by atoms with Gasteiger partial charge in [-0.2, -0.15) is 0 Å². The van der Waals surface area contributed by atoms with Gasteiger partial charge in [-0.15, -0.1) is 11.3 Å². The van der Waals surface area contributed by atoms with Crippen molar-refractivity contribution >= 4 is 17.2 Å². The lowest BCUT2D eigenvalue weighted by molar-refractivity contribution is -0.121. The van der Waals surface area contributed by atoms with Gasteiger partial charge < -0.3 is 5.32 Å². The molecular weight excluding hydrogens is 196 g/mol. The van der Waals surface area contributed by atoms with Crippen molar-refractivity contribution in [3.63, 3.8) is 0 Å². The van der Waals surface area contributed by atoms with E-state index in [0.29, 0.717) is 18.9 Å². The highest BCUT2D eigenvalue weighted by atomic mass is 32.1. The molecule has 0 saturated carbocycles. The molecule has 0 aliphatic carbocycles. The average Bonchev–Trinajstić information content (AvgIpc) is 2.55. The molecular formula is C10H16N2OS. The summed E-state index contributed by atoms with van der Waals surface area (Å²) in [6, 6.07) is 0. The van der Waals surface area contributed by atoms with Crippen molar-refractivity contribution < 1.29 is 4.79 Å². The molecule has 1 amide bonds. The number of aromatic nitrogens is 1. The van der Waals surface area contributed by atoms with Crippen LogP contribution in [0.2, 0.25) is 0 Å². The molecule has 1 N–H and O–H groups in total. The number of carbonyl (C=O) groups is 1. The summed E-state index contributed by atoms with van der Waals surface area (Å²) < 4.78 is 0. The van der Waals surface area contributed by atoms with Crippen LogP contribution in [0.15, 0.2) is 11.6 Å². The Morgan fingerprint density at radius 2 is 2.43 bits per heavy atom. The van der Waals surface area contributed by atoms with E-state index in [1.165, 1.54) is 0 Å². The highest BCUT2D eigenvalue weighted by molar-refractivity contribution is 7.09. The minimum absolute atomic E-state index is 0.136. The molecule has 0 unspecified atom stereocenters. The van der Waals surface area contributed by atoms with Crippen LogP contribution in [0.25, 0.3) is 0 Å². The van der Waals surface area contributed by atoms with Gasteiger partial charge in [0, 0.05) is 31.0 Å². The van der Waals surface area contributed by atoms with Gasteiger partial charge in [0.1, 0.15) is 0 Å². The maximum absolute atomic E-state index is 11.3. The van der Waals surface area contributed by atoms with E-state index in [1.54, 1.807) is 17.5 Å². The molecule has 0 bridgehead atoms. The van der Waals surface area contributed by atoms with E-state index < -0.39 is 0 Å². The van der Waals surface area contributed by atoms with Crippen LogP contribution >= 0.6 is 11.3 Å². The van der Waals surface area contributed by atoms with Gasteiger partial charge in [-0.1, -0.05) is 13.8 Å². The third kappa shape index (κ3) is 4.37. The molecule has 1 aromatic heterocycles. The summed E-state index contributed by atoms with van der Waals surface area (Å²) in [5.41, 5.74) is 0. The second-order valence-corrected chi connectivity index (χ2v) is 4.60. The molecule has 0 saturated heterocycles. The first-order valence-electron chi connectivity index (χ1n) is 4.83. The Bertz CT molecular complexity index is 270. The summed E-state index contributed by atoms with van der Waals surface area (Å²) in [4.78, 5) is 15.4. The first kappa shape index (κ1) is 11.2. The molecule has 4 heteroatoms. The van der Waals surface area contributed by atoms with E-state index in [1.807, 2.05) is 19.2 Å². The largest absolute Gasteiger partial charge is 0.356 e. The Morgan fingerprint density at radius 1 is 1.64 bits per heavy atom. The summed E-state index contributed by atoms with van der Waals surface area (Å²) in [5.74, 6) is 0.561. The van der Waals surface area contributed by atoms with Gasteiger partial charge in [0.25, 0.3) is 0 Å². The first-order valence-corrected chi connectivity index (χ1v) is 5.71. The Labute approximate surface area is 88.6 Å². The van der Waals surface area contributed by atoms with E-state index in [4.69, 9.17) is 0 Å². The summed E-state index contributed by atoms with van der Waals surface area (Å²) >= 11 is 1.63. The van der Waals surface area contributed by atoms with E-state index >= 15 is 0 Å². The Hall–Kier alpha value is -0.900. The van der Waals surface area contributed by atoms with Gasteiger partial charge in [0.15, 0.2) is 0 Å². The topological polar surface area (TPSA) is 42.0 Å². The zero-order chi connectivity index (χ0) is 10.4. The minimum Gasteiger partial charge on any atom is -0.356 e. The lowest BCUT2D eigenvalue weighted by atomic mass is 10.1. The summed E-state index contributed by atoms with van der Waals surface area (Å²) in [6.45, 7) is 4.78. The van der Waals surface area contributed by atoms with Crippen molar-refractivity contribution in [2.75, 3.05) is 6.54 Å². The Balaban J connectivity index is 2.12. The van der Waals surface area contributed by atoms with E-state index in [0.717, 1.165) is 11.4 Å². The molecule has 3 nitrogen and oxygen atoms in total. The van der Waals surface area contributed by atoms with Gasteiger partial charge >= 0.3 is 0 Å². The number of thiazole rings is 1. The molecule has 14 heavy (non-hydrogen) atoms. The SMILES string of the molecule is CC(C)CC(=O)NCCc1nccs1. The first-order chi connectivity index (χ1) is 6.68. The molecule has 0 fully saturated rings. The molecule has 0 spiro atoms. The summed E-state index contributed by atoms with van der Waals surface area (Å²) in [5, 5.41) is 5.91. The van der Waals surface area contributed by atoms with Crippen LogP contribution in [-0.4, -0.2) is 17.4 Å². The molecule has 78 valence electrons. The van der Waals surface area contributed by atoms with E-state index in [9.17, 15) is 4.79 Å². The van der Waals surface area contributed by atoms with Gasteiger partial charge in [0.2, 0.25) is 5.91 Å². The highest BCUT2D eigenvalue weighted by Crippen LogP contribution is 2.03. The summed E-state index contributed by atoms with van der Waals surface area (Å²) in [7, 11) is 0. The molecule has 0 aromatic carbocycles. The van der Waals surface area contributed by atoms with Crippen LogP contribution < -0.4 is 5.32 Å². The second-order valence-electron chi connectivity index (χ2n) is 3.62. The average molecular weight is 212 g/mol. The van der Waals surface area contributed by atoms with Crippen molar-refractivity contribution in [1.82, 2.24) is 10.3 Å². The van der Waals surface area contributed by atoms with Crippen molar-refractivity contribution in [1.29, 1.82) is 0 Å². The summed E-state index contributed by atoms with van der Waals surface area (Å²) in [6.07, 6.45) is 3.23. The molecule has 0 aliphatic heterocycles. The normalized spacial score (nSPS) is 10.5. The third-order valence-corrected chi connectivity index (χ3v) is 2.58. The number of rotatable bonds is 5. The Kier molecular flexibility index (Phi) is 4.59. The molecule has 0 aliphatic rings. The van der Waals surface area contributed by atoms with Crippen LogP contribution in [0.3, 0.4) is 0 Å². The van der Waals surface area contributed by atoms with Crippen molar-refractivity contribution in [2.45, 2.75) is 26.7 Å². The Morgan fingerprint density at radius 3 is 3.00 bits per heavy atom. The highest BCUT2D eigenvalue weighted by Gasteiger charge is 2.03. The number of hydrogen-bond acceptors (Lipinski definition) is 3. The quantitative estimate of drug-likeness (QED) is 0.809. The monoisotopic (exact) mass is 212 g/mol. The van der Waals surface area contributed by atoms with Gasteiger partial charge in [-0.25, -0.2) is 4.98 Å².